The number of nitrogens with zero attached hydrogens (tertiary/aromatic N) is 2. The van der Waals surface area contributed by atoms with Crippen molar-refractivity contribution in [1.82, 2.24) is 4.98 Å². The molecule has 0 amide bonds. The molecule has 0 fully saturated rings. The largest absolute Gasteiger partial charge is 0.257 e. The van der Waals surface area contributed by atoms with Crippen molar-refractivity contribution >= 4 is 23.2 Å². The van der Waals surface area contributed by atoms with Gasteiger partial charge in [-0.1, -0.05) is 23.2 Å². The summed E-state index contributed by atoms with van der Waals surface area (Å²) in [6.07, 6.45) is 1.46. The lowest BCUT2D eigenvalue weighted by Crippen LogP contribution is -1.93. The molecule has 0 spiro atoms. The Kier molecular flexibility index (Phi) is 2.91. The van der Waals surface area contributed by atoms with Crippen LogP contribution in [0.3, 0.4) is 0 Å². The lowest BCUT2D eigenvalue weighted by molar-refractivity contribution is 1.09. The number of hydrogen-bond acceptors (Lipinski definition) is 2. The second-order valence-electron chi connectivity index (χ2n) is 2.34. The van der Waals surface area contributed by atoms with Gasteiger partial charge in [-0.2, -0.15) is 5.26 Å². The first-order chi connectivity index (χ1) is 5.65. The standard InChI is InChI=1S/C8H6Cl2N2/c1-5-2-6(3-11)4-12-7(5)8(9)10/h2,4,8H,1H3. The predicted octanol–water partition coefficient (Wildman–Crippen LogP) is 2.74. The van der Waals surface area contributed by atoms with Crippen molar-refractivity contribution in [2.75, 3.05) is 0 Å². The first kappa shape index (κ1) is 9.31. The Balaban J connectivity index is 3.14. The topological polar surface area (TPSA) is 36.7 Å². The Labute approximate surface area is 80.7 Å². The molecule has 62 valence electrons. The number of pyridine rings is 1. The Bertz CT molecular complexity index is 328. The van der Waals surface area contributed by atoms with E-state index in [-0.39, 0.29) is 0 Å². The van der Waals surface area contributed by atoms with E-state index >= 15 is 0 Å². The van der Waals surface area contributed by atoms with Crippen LogP contribution < -0.4 is 0 Å². The normalized spacial score (nSPS) is 9.92. The lowest BCUT2D eigenvalue weighted by Gasteiger charge is -2.03. The SMILES string of the molecule is Cc1cc(C#N)cnc1C(Cl)Cl. The number of aryl methyl sites for hydroxylation is 1. The fourth-order valence-corrected chi connectivity index (χ4v) is 1.33. The summed E-state index contributed by atoms with van der Waals surface area (Å²) in [7, 11) is 0. The molecule has 2 nitrogen and oxygen atoms in total. The van der Waals surface area contributed by atoms with Gasteiger partial charge in [0.15, 0.2) is 0 Å². The van der Waals surface area contributed by atoms with Gasteiger partial charge in [0.25, 0.3) is 0 Å². The van der Waals surface area contributed by atoms with Gasteiger partial charge >= 0.3 is 0 Å². The molecule has 0 radical (unpaired) electrons. The molecule has 0 aliphatic carbocycles. The summed E-state index contributed by atoms with van der Waals surface area (Å²) in [5, 5.41) is 8.54. The molecule has 1 heterocycles. The molecular formula is C8H6Cl2N2. The van der Waals surface area contributed by atoms with Crippen molar-refractivity contribution in [3.05, 3.63) is 29.1 Å². The highest BCUT2D eigenvalue weighted by Gasteiger charge is 2.08. The van der Waals surface area contributed by atoms with Gasteiger partial charge in [0.1, 0.15) is 10.9 Å². The smallest absolute Gasteiger partial charge is 0.149 e. The van der Waals surface area contributed by atoms with E-state index < -0.39 is 4.84 Å². The minimum atomic E-state index is -0.627. The van der Waals surface area contributed by atoms with Gasteiger partial charge in [-0.3, -0.25) is 4.98 Å². The molecule has 0 N–H and O–H groups in total. The van der Waals surface area contributed by atoms with Gasteiger partial charge < -0.3 is 0 Å². The third kappa shape index (κ3) is 1.88. The molecule has 0 unspecified atom stereocenters. The highest BCUT2D eigenvalue weighted by molar-refractivity contribution is 6.43. The summed E-state index contributed by atoms with van der Waals surface area (Å²) in [6, 6.07) is 3.69. The minimum Gasteiger partial charge on any atom is -0.257 e. The van der Waals surface area contributed by atoms with E-state index in [1.807, 2.05) is 13.0 Å². The second kappa shape index (κ2) is 3.75. The Hall–Kier alpha value is -0.780. The van der Waals surface area contributed by atoms with Gasteiger partial charge in [0.2, 0.25) is 0 Å². The van der Waals surface area contributed by atoms with Gasteiger partial charge in [0, 0.05) is 6.20 Å². The zero-order chi connectivity index (χ0) is 9.14. The van der Waals surface area contributed by atoms with Gasteiger partial charge in [-0.15, -0.1) is 0 Å². The monoisotopic (exact) mass is 200 g/mol. The van der Waals surface area contributed by atoms with Crippen molar-refractivity contribution in [3.63, 3.8) is 0 Å². The summed E-state index contributed by atoms with van der Waals surface area (Å²) in [4.78, 5) is 3.34. The van der Waals surface area contributed by atoms with Gasteiger partial charge in [0.05, 0.1) is 11.3 Å². The summed E-state index contributed by atoms with van der Waals surface area (Å²) in [6.45, 7) is 1.82. The molecule has 0 saturated heterocycles. The molecule has 4 heteroatoms. The average Bonchev–Trinajstić information content (AvgIpc) is 2.03. The van der Waals surface area contributed by atoms with E-state index in [9.17, 15) is 0 Å². The van der Waals surface area contributed by atoms with Crippen LogP contribution in [0.2, 0.25) is 0 Å². The summed E-state index contributed by atoms with van der Waals surface area (Å²) in [5.41, 5.74) is 1.96. The van der Waals surface area contributed by atoms with Gasteiger partial charge in [-0.05, 0) is 18.6 Å². The molecule has 0 aliphatic rings. The van der Waals surface area contributed by atoms with Crippen molar-refractivity contribution in [2.24, 2.45) is 0 Å². The quantitative estimate of drug-likeness (QED) is 0.655. The number of halogens is 2. The first-order valence-electron chi connectivity index (χ1n) is 3.30. The molecule has 12 heavy (non-hydrogen) atoms. The summed E-state index contributed by atoms with van der Waals surface area (Å²) >= 11 is 11.2. The summed E-state index contributed by atoms with van der Waals surface area (Å²) in [5.74, 6) is 0. The van der Waals surface area contributed by atoms with Crippen molar-refractivity contribution < 1.29 is 0 Å². The maximum Gasteiger partial charge on any atom is 0.149 e. The molecule has 1 rings (SSSR count). The highest BCUT2D eigenvalue weighted by Crippen LogP contribution is 2.25. The Morgan fingerprint density at radius 3 is 2.67 bits per heavy atom. The van der Waals surface area contributed by atoms with Crippen LogP contribution in [0.15, 0.2) is 12.3 Å². The fourth-order valence-electron chi connectivity index (χ4n) is 0.875. The summed E-state index contributed by atoms with van der Waals surface area (Å²) < 4.78 is 0. The maximum atomic E-state index is 8.54. The zero-order valence-electron chi connectivity index (χ0n) is 6.38. The Morgan fingerprint density at radius 1 is 1.58 bits per heavy atom. The molecule has 0 aliphatic heterocycles. The number of alkyl halides is 2. The van der Waals surface area contributed by atoms with E-state index in [4.69, 9.17) is 28.5 Å². The minimum absolute atomic E-state index is 0.519. The van der Waals surface area contributed by atoms with Crippen molar-refractivity contribution in [1.29, 1.82) is 5.26 Å². The van der Waals surface area contributed by atoms with E-state index in [0.29, 0.717) is 11.3 Å². The molecule has 0 atom stereocenters. The number of rotatable bonds is 1. The van der Waals surface area contributed by atoms with E-state index in [1.54, 1.807) is 6.07 Å². The van der Waals surface area contributed by atoms with E-state index in [2.05, 4.69) is 4.98 Å². The number of aromatic nitrogens is 1. The van der Waals surface area contributed by atoms with Crippen LogP contribution in [0.1, 0.15) is 21.7 Å². The Morgan fingerprint density at radius 2 is 2.25 bits per heavy atom. The van der Waals surface area contributed by atoms with Crippen LogP contribution in [0.5, 0.6) is 0 Å². The number of nitriles is 1. The highest BCUT2D eigenvalue weighted by atomic mass is 35.5. The van der Waals surface area contributed by atoms with Crippen LogP contribution in [-0.2, 0) is 0 Å². The van der Waals surface area contributed by atoms with E-state index in [0.717, 1.165) is 5.56 Å². The lowest BCUT2D eigenvalue weighted by atomic mass is 10.2. The first-order valence-corrected chi connectivity index (χ1v) is 4.17. The van der Waals surface area contributed by atoms with Crippen LogP contribution in [0.25, 0.3) is 0 Å². The maximum absolute atomic E-state index is 8.54. The van der Waals surface area contributed by atoms with E-state index in [1.165, 1.54) is 6.20 Å². The van der Waals surface area contributed by atoms with Crippen LogP contribution in [-0.4, -0.2) is 4.98 Å². The van der Waals surface area contributed by atoms with Crippen LogP contribution >= 0.6 is 23.2 Å². The second-order valence-corrected chi connectivity index (χ2v) is 3.43. The third-order valence-corrected chi connectivity index (χ3v) is 1.87. The van der Waals surface area contributed by atoms with Crippen LogP contribution in [0.4, 0.5) is 0 Å². The molecule has 0 saturated carbocycles. The predicted molar refractivity (Wildman–Crippen MR) is 48.1 cm³/mol. The average molecular weight is 201 g/mol. The molecule has 1 aromatic heterocycles. The van der Waals surface area contributed by atoms with Gasteiger partial charge in [-0.25, -0.2) is 0 Å². The number of hydrogen-bond donors (Lipinski definition) is 0. The van der Waals surface area contributed by atoms with Crippen molar-refractivity contribution in [3.8, 4) is 6.07 Å². The van der Waals surface area contributed by atoms with Crippen LogP contribution in [0, 0.1) is 18.3 Å². The zero-order valence-corrected chi connectivity index (χ0v) is 7.89. The molecular weight excluding hydrogens is 195 g/mol. The fraction of sp³-hybridized carbons (Fsp3) is 0.250. The molecule has 0 bridgehead atoms. The molecule has 1 aromatic rings. The molecule has 0 aromatic carbocycles. The van der Waals surface area contributed by atoms with Crippen molar-refractivity contribution in [2.45, 2.75) is 11.8 Å². The third-order valence-electron chi connectivity index (χ3n) is 1.45.